The van der Waals surface area contributed by atoms with Crippen molar-refractivity contribution in [2.75, 3.05) is 6.54 Å². The van der Waals surface area contributed by atoms with E-state index < -0.39 is 5.51 Å². The molecule has 0 saturated heterocycles. The molecule has 1 aromatic heterocycles. The van der Waals surface area contributed by atoms with Crippen LogP contribution in [0.3, 0.4) is 0 Å². The predicted molar refractivity (Wildman–Crippen MR) is 95.0 cm³/mol. The number of para-hydroxylation sites is 2. The van der Waals surface area contributed by atoms with Crippen molar-refractivity contribution in [3.63, 3.8) is 0 Å². The Labute approximate surface area is 152 Å². The Bertz CT molecular complexity index is 891. The maximum absolute atomic E-state index is 12.3. The van der Waals surface area contributed by atoms with Crippen LogP contribution in [0.5, 0.6) is 0 Å². The molecule has 3 aromatic rings. The van der Waals surface area contributed by atoms with Gasteiger partial charge in [0, 0.05) is 23.5 Å². The Kier molecular flexibility index (Phi) is 5.51. The zero-order valence-electron chi connectivity index (χ0n) is 13.7. The molecular formula is C18H16F3N3OS. The van der Waals surface area contributed by atoms with Crippen LogP contribution in [0.1, 0.15) is 16.8 Å². The second kappa shape index (κ2) is 7.82. The molecule has 0 unspecified atom stereocenters. The van der Waals surface area contributed by atoms with Crippen LogP contribution in [-0.2, 0) is 6.54 Å². The number of thioether (sulfide) groups is 1. The molecule has 0 aliphatic heterocycles. The lowest BCUT2D eigenvalue weighted by Gasteiger charge is -2.08. The second-order valence-electron chi connectivity index (χ2n) is 5.61. The molecule has 0 aliphatic carbocycles. The average molecular weight is 379 g/mol. The zero-order chi connectivity index (χ0) is 18.6. The molecule has 0 atom stereocenters. The van der Waals surface area contributed by atoms with Gasteiger partial charge in [0.15, 0.2) is 0 Å². The van der Waals surface area contributed by atoms with Gasteiger partial charge in [0.25, 0.3) is 5.91 Å². The highest BCUT2D eigenvalue weighted by Crippen LogP contribution is 2.36. The molecular weight excluding hydrogens is 363 g/mol. The van der Waals surface area contributed by atoms with Gasteiger partial charge in [-0.3, -0.25) is 4.79 Å². The molecule has 0 radical (unpaired) electrons. The topological polar surface area (TPSA) is 46.9 Å². The third-order valence-electron chi connectivity index (χ3n) is 3.74. The van der Waals surface area contributed by atoms with Crippen molar-refractivity contribution in [1.29, 1.82) is 0 Å². The Morgan fingerprint density at radius 1 is 1.12 bits per heavy atom. The number of hydrogen-bond acceptors (Lipinski definition) is 3. The summed E-state index contributed by atoms with van der Waals surface area (Å²) >= 11 is -0.198. The van der Waals surface area contributed by atoms with Gasteiger partial charge in [-0.25, -0.2) is 4.98 Å². The highest BCUT2D eigenvalue weighted by Gasteiger charge is 2.29. The van der Waals surface area contributed by atoms with Crippen LogP contribution in [0.15, 0.2) is 59.8 Å². The van der Waals surface area contributed by atoms with Crippen LogP contribution >= 0.6 is 11.8 Å². The van der Waals surface area contributed by atoms with E-state index in [2.05, 4.69) is 10.3 Å². The van der Waals surface area contributed by atoms with E-state index in [0.29, 0.717) is 25.1 Å². The number of nitrogens with zero attached hydrogens (tertiary/aromatic N) is 2. The highest BCUT2D eigenvalue weighted by molar-refractivity contribution is 8.00. The van der Waals surface area contributed by atoms with Gasteiger partial charge >= 0.3 is 5.51 Å². The minimum Gasteiger partial charge on any atom is -0.352 e. The van der Waals surface area contributed by atoms with Crippen molar-refractivity contribution >= 4 is 28.7 Å². The van der Waals surface area contributed by atoms with Crippen molar-refractivity contribution in [2.24, 2.45) is 0 Å². The first-order chi connectivity index (χ1) is 12.4. The first-order valence-electron chi connectivity index (χ1n) is 7.96. The number of aromatic nitrogens is 2. The number of imidazole rings is 1. The molecule has 8 heteroatoms. The van der Waals surface area contributed by atoms with Gasteiger partial charge in [0.2, 0.25) is 0 Å². The number of hydrogen-bond donors (Lipinski definition) is 1. The number of halogens is 3. The van der Waals surface area contributed by atoms with Crippen molar-refractivity contribution in [3.8, 4) is 0 Å². The fourth-order valence-electron chi connectivity index (χ4n) is 2.55. The Balaban J connectivity index is 1.48. The molecule has 1 amide bonds. The molecule has 0 bridgehead atoms. The largest absolute Gasteiger partial charge is 0.446 e. The molecule has 0 fully saturated rings. The quantitative estimate of drug-likeness (QED) is 0.508. The lowest BCUT2D eigenvalue weighted by atomic mass is 10.2. The molecule has 1 N–H and O–H groups in total. The van der Waals surface area contributed by atoms with Gasteiger partial charge in [-0.15, -0.1) is 0 Å². The fourth-order valence-corrected chi connectivity index (χ4v) is 3.09. The van der Waals surface area contributed by atoms with Crippen LogP contribution in [0.4, 0.5) is 13.2 Å². The van der Waals surface area contributed by atoms with Crippen molar-refractivity contribution in [1.82, 2.24) is 14.9 Å². The molecule has 26 heavy (non-hydrogen) atoms. The summed E-state index contributed by atoms with van der Waals surface area (Å²) in [6.45, 7) is 1.17. The number of rotatable bonds is 6. The lowest BCUT2D eigenvalue weighted by Crippen LogP contribution is -2.25. The summed E-state index contributed by atoms with van der Waals surface area (Å²) in [4.78, 5) is 16.4. The van der Waals surface area contributed by atoms with Gasteiger partial charge in [-0.2, -0.15) is 13.2 Å². The van der Waals surface area contributed by atoms with Crippen molar-refractivity contribution < 1.29 is 18.0 Å². The zero-order valence-corrected chi connectivity index (χ0v) is 14.5. The molecule has 0 saturated carbocycles. The third kappa shape index (κ3) is 4.78. The molecule has 2 aromatic carbocycles. The summed E-state index contributed by atoms with van der Waals surface area (Å²) in [6, 6.07) is 13.2. The molecule has 0 spiro atoms. The van der Waals surface area contributed by atoms with E-state index in [1.807, 2.05) is 28.8 Å². The molecule has 4 nitrogen and oxygen atoms in total. The summed E-state index contributed by atoms with van der Waals surface area (Å²) in [6.07, 6.45) is 2.48. The summed E-state index contributed by atoms with van der Waals surface area (Å²) in [5.41, 5.74) is -2.03. The van der Waals surface area contributed by atoms with Gasteiger partial charge in [0.05, 0.1) is 17.4 Å². The number of benzene rings is 2. The lowest BCUT2D eigenvalue weighted by molar-refractivity contribution is -0.0328. The summed E-state index contributed by atoms with van der Waals surface area (Å²) in [5.74, 6) is -0.302. The summed E-state index contributed by atoms with van der Waals surface area (Å²) in [7, 11) is 0. The van der Waals surface area contributed by atoms with E-state index in [9.17, 15) is 18.0 Å². The highest BCUT2D eigenvalue weighted by atomic mass is 32.2. The summed E-state index contributed by atoms with van der Waals surface area (Å²) in [5, 5.41) is 2.78. The number of amides is 1. The Morgan fingerprint density at radius 2 is 1.85 bits per heavy atom. The van der Waals surface area contributed by atoms with E-state index in [4.69, 9.17) is 0 Å². The number of aryl methyl sites for hydroxylation is 1. The number of carbonyl (C=O) groups is 1. The SMILES string of the molecule is O=C(NCCCn1cnc2ccccc21)c1ccc(SC(F)(F)F)cc1. The van der Waals surface area contributed by atoms with Crippen LogP contribution in [-0.4, -0.2) is 27.5 Å². The monoisotopic (exact) mass is 379 g/mol. The van der Waals surface area contributed by atoms with Gasteiger partial charge in [-0.05, 0) is 54.6 Å². The standard InChI is InChI=1S/C18H16F3N3OS/c19-18(20,21)26-14-8-6-13(7-9-14)17(25)22-10-3-11-24-12-23-15-4-1-2-5-16(15)24/h1-2,4-9,12H,3,10-11H2,(H,22,25). The summed E-state index contributed by atoms with van der Waals surface area (Å²) < 4.78 is 38.9. The van der Waals surface area contributed by atoms with Crippen LogP contribution in [0.25, 0.3) is 11.0 Å². The van der Waals surface area contributed by atoms with E-state index in [-0.39, 0.29) is 22.6 Å². The minimum absolute atomic E-state index is 0.0565. The van der Waals surface area contributed by atoms with E-state index >= 15 is 0 Å². The van der Waals surface area contributed by atoms with Gasteiger partial charge in [0.1, 0.15) is 0 Å². The van der Waals surface area contributed by atoms with Crippen LogP contribution in [0.2, 0.25) is 0 Å². The fraction of sp³-hybridized carbons (Fsp3) is 0.222. The van der Waals surface area contributed by atoms with Crippen LogP contribution in [0, 0.1) is 0 Å². The minimum atomic E-state index is -4.33. The average Bonchev–Trinajstić information content (AvgIpc) is 3.01. The normalized spacial score (nSPS) is 11.7. The molecule has 0 aliphatic rings. The Hall–Kier alpha value is -2.48. The molecule has 1 heterocycles. The number of fused-ring (bicyclic) bond motifs is 1. The van der Waals surface area contributed by atoms with Gasteiger partial charge < -0.3 is 9.88 Å². The van der Waals surface area contributed by atoms with E-state index in [0.717, 1.165) is 11.0 Å². The van der Waals surface area contributed by atoms with E-state index in [1.54, 1.807) is 6.33 Å². The smallest absolute Gasteiger partial charge is 0.352 e. The first-order valence-corrected chi connectivity index (χ1v) is 8.78. The van der Waals surface area contributed by atoms with Crippen LogP contribution < -0.4 is 5.32 Å². The molecule has 3 rings (SSSR count). The second-order valence-corrected chi connectivity index (χ2v) is 6.75. The number of alkyl halides is 3. The first kappa shape index (κ1) is 18.3. The number of nitrogens with one attached hydrogen (secondary N) is 1. The van der Waals surface area contributed by atoms with Crippen molar-refractivity contribution in [3.05, 3.63) is 60.4 Å². The maximum Gasteiger partial charge on any atom is 0.446 e. The molecule has 136 valence electrons. The van der Waals surface area contributed by atoms with Crippen molar-refractivity contribution in [2.45, 2.75) is 23.4 Å². The Morgan fingerprint density at radius 3 is 2.58 bits per heavy atom. The van der Waals surface area contributed by atoms with Gasteiger partial charge in [-0.1, -0.05) is 12.1 Å². The maximum atomic E-state index is 12.3. The third-order valence-corrected chi connectivity index (χ3v) is 4.48. The number of carbonyl (C=O) groups excluding carboxylic acids is 1. The van der Waals surface area contributed by atoms with E-state index in [1.165, 1.54) is 24.3 Å². The predicted octanol–water partition coefficient (Wildman–Crippen LogP) is 4.47.